The summed E-state index contributed by atoms with van der Waals surface area (Å²) >= 11 is 5.31. The Hall–Kier alpha value is -0.640. The van der Waals surface area contributed by atoms with Crippen LogP contribution >= 0.6 is 27.3 Å². The molecule has 1 atom stereocenters. The van der Waals surface area contributed by atoms with Gasteiger partial charge in [-0.1, -0.05) is 37.3 Å². The highest BCUT2D eigenvalue weighted by molar-refractivity contribution is 9.11. The van der Waals surface area contributed by atoms with Crippen LogP contribution in [-0.4, -0.2) is 6.54 Å². The molecular formula is C16H20BrNS. The predicted octanol–water partition coefficient (Wildman–Crippen LogP) is 5.18. The van der Waals surface area contributed by atoms with Crippen molar-refractivity contribution in [2.75, 3.05) is 6.54 Å². The zero-order valence-corrected chi connectivity index (χ0v) is 13.6. The Kier molecular flexibility index (Phi) is 6.08. The second-order valence-corrected chi connectivity index (χ2v) is 6.96. The molecule has 2 aromatic rings. The maximum absolute atomic E-state index is 3.58. The smallest absolute Gasteiger partial charge is 0.0701 e. The number of hydrogen-bond donors (Lipinski definition) is 1. The third kappa shape index (κ3) is 4.75. The third-order valence-corrected chi connectivity index (χ3v) is 4.76. The Morgan fingerprint density at radius 2 is 2.05 bits per heavy atom. The largest absolute Gasteiger partial charge is 0.310 e. The van der Waals surface area contributed by atoms with Crippen LogP contribution < -0.4 is 5.32 Å². The number of benzene rings is 1. The summed E-state index contributed by atoms with van der Waals surface area (Å²) in [5.41, 5.74) is 2.84. The highest BCUT2D eigenvalue weighted by atomic mass is 79.9. The summed E-state index contributed by atoms with van der Waals surface area (Å²) in [6.07, 6.45) is 3.56. The van der Waals surface area contributed by atoms with Crippen LogP contribution in [0.1, 0.15) is 36.9 Å². The number of hydrogen-bond acceptors (Lipinski definition) is 2. The molecule has 1 heterocycles. The molecule has 0 saturated heterocycles. The van der Waals surface area contributed by atoms with Crippen LogP contribution in [-0.2, 0) is 6.42 Å². The lowest BCUT2D eigenvalue weighted by molar-refractivity contribution is 0.499. The van der Waals surface area contributed by atoms with Crippen molar-refractivity contribution in [3.63, 3.8) is 0 Å². The minimum atomic E-state index is 0.483. The van der Waals surface area contributed by atoms with Gasteiger partial charge in [-0.3, -0.25) is 0 Å². The Morgan fingerprint density at radius 3 is 2.68 bits per heavy atom. The molecule has 0 spiro atoms. The molecule has 0 aliphatic rings. The second-order valence-electron chi connectivity index (χ2n) is 4.67. The summed E-state index contributed by atoms with van der Waals surface area (Å²) < 4.78 is 1.22. The van der Waals surface area contributed by atoms with Gasteiger partial charge in [0.1, 0.15) is 0 Å². The third-order valence-electron chi connectivity index (χ3n) is 3.24. The molecule has 1 unspecified atom stereocenters. The van der Waals surface area contributed by atoms with Gasteiger partial charge in [-0.25, -0.2) is 0 Å². The van der Waals surface area contributed by atoms with Crippen LogP contribution in [0, 0.1) is 0 Å². The fourth-order valence-corrected chi connectivity index (χ4v) is 3.52. The molecule has 1 aromatic heterocycles. The molecule has 0 aliphatic heterocycles. The van der Waals surface area contributed by atoms with E-state index < -0.39 is 0 Å². The monoisotopic (exact) mass is 337 g/mol. The van der Waals surface area contributed by atoms with Crippen molar-refractivity contribution in [3.8, 4) is 0 Å². The molecule has 19 heavy (non-hydrogen) atoms. The number of nitrogens with one attached hydrogen (secondary N) is 1. The van der Waals surface area contributed by atoms with Crippen LogP contribution in [0.15, 0.2) is 45.6 Å². The van der Waals surface area contributed by atoms with Crippen molar-refractivity contribution < 1.29 is 0 Å². The lowest BCUT2D eigenvalue weighted by Crippen LogP contribution is -2.20. The highest BCUT2D eigenvalue weighted by Crippen LogP contribution is 2.28. The van der Waals surface area contributed by atoms with E-state index in [1.807, 2.05) is 0 Å². The van der Waals surface area contributed by atoms with Crippen molar-refractivity contribution in [3.05, 3.63) is 56.7 Å². The summed E-state index contributed by atoms with van der Waals surface area (Å²) in [6, 6.07) is 13.5. The Bertz CT molecular complexity index is 481. The second kappa shape index (κ2) is 7.83. The zero-order valence-electron chi connectivity index (χ0n) is 11.2. The maximum Gasteiger partial charge on any atom is 0.0701 e. The maximum atomic E-state index is 3.58. The van der Waals surface area contributed by atoms with E-state index in [9.17, 15) is 0 Å². The lowest BCUT2D eigenvalue weighted by Gasteiger charge is -2.16. The summed E-state index contributed by atoms with van der Waals surface area (Å²) in [5, 5.41) is 5.83. The number of thiophene rings is 1. The number of aryl methyl sites for hydroxylation is 1. The molecule has 0 fully saturated rings. The van der Waals surface area contributed by atoms with E-state index in [0.717, 1.165) is 13.0 Å². The molecule has 0 bridgehead atoms. The van der Waals surface area contributed by atoms with E-state index >= 15 is 0 Å². The first-order valence-electron chi connectivity index (χ1n) is 6.81. The molecule has 0 radical (unpaired) electrons. The van der Waals surface area contributed by atoms with E-state index in [1.165, 1.54) is 27.8 Å². The first-order valence-corrected chi connectivity index (χ1v) is 8.48. The number of rotatable bonds is 7. The minimum Gasteiger partial charge on any atom is -0.310 e. The van der Waals surface area contributed by atoms with Crippen molar-refractivity contribution in [1.29, 1.82) is 0 Å². The normalized spacial score (nSPS) is 12.5. The van der Waals surface area contributed by atoms with Crippen LogP contribution in [0.3, 0.4) is 0 Å². The van der Waals surface area contributed by atoms with Gasteiger partial charge in [-0.05, 0) is 64.3 Å². The topological polar surface area (TPSA) is 12.0 Å². The van der Waals surface area contributed by atoms with Gasteiger partial charge in [0.25, 0.3) is 0 Å². The van der Waals surface area contributed by atoms with Crippen molar-refractivity contribution in [2.24, 2.45) is 0 Å². The van der Waals surface area contributed by atoms with Gasteiger partial charge < -0.3 is 5.32 Å². The average Bonchev–Trinajstić information content (AvgIpc) is 2.86. The average molecular weight is 338 g/mol. The van der Waals surface area contributed by atoms with E-state index in [0.29, 0.717) is 6.04 Å². The van der Waals surface area contributed by atoms with Gasteiger partial charge in [-0.2, -0.15) is 0 Å². The van der Waals surface area contributed by atoms with Gasteiger partial charge in [0.2, 0.25) is 0 Å². The molecule has 0 saturated carbocycles. The molecule has 1 nitrogen and oxygen atoms in total. The Morgan fingerprint density at radius 1 is 1.26 bits per heavy atom. The van der Waals surface area contributed by atoms with Crippen molar-refractivity contribution in [2.45, 2.75) is 32.2 Å². The summed E-state index contributed by atoms with van der Waals surface area (Å²) in [4.78, 5) is 0. The molecular weight excluding hydrogens is 318 g/mol. The van der Waals surface area contributed by atoms with Gasteiger partial charge in [0.05, 0.1) is 3.79 Å². The molecule has 102 valence electrons. The Balaban J connectivity index is 1.87. The Labute approximate surface area is 128 Å². The highest BCUT2D eigenvalue weighted by Gasteiger charge is 2.11. The predicted molar refractivity (Wildman–Crippen MR) is 87.8 cm³/mol. The van der Waals surface area contributed by atoms with Crippen LogP contribution in [0.5, 0.6) is 0 Å². The zero-order chi connectivity index (χ0) is 13.5. The summed E-state index contributed by atoms with van der Waals surface area (Å²) in [5.74, 6) is 0. The van der Waals surface area contributed by atoms with E-state index in [1.54, 1.807) is 11.3 Å². The molecule has 1 N–H and O–H groups in total. The molecule has 3 heteroatoms. The van der Waals surface area contributed by atoms with E-state index in [4.69, 9.17) is 0 Å². The quantitative estimate of drug-likeness (QED) is 0.733. The van der Waals surface area contributed by atoms with Gasteiger partial charge >= 0.3 is 0 Å². The van der Waals surface area contributed by atoms with Crippen LogP contribution in [0.4, 0.5) is 0 Å². The van der Waals surface area contributed by atoms with E-state index in [2.05, 4.69) is 69.9 Å². The standard InChI is InChI=1S/C16H20BrNS/c1-2-18-15(14-11-16(17)19-12-14)10-6-9-13-7-4-3-5-8-13/h3-5,7-8,11-12,15,18H,2,6,9-10H2,1H3. The van der Waals surface area contributed by atoms with Crippen LogP contribution in [0.2, 0.25) is 0 Å². The first kappa shape index (κ1) is 14.8. The van der Waals surface area contributed by atoms with Gasteiger partial charge in [0.15, 0.2) is 0 Å². The van der Waals surface area contributed by atoms with Gasteiger partial charge in [-0.15, -0.1) is 11.3 Å². The van der Waals surface area contributed by atoms with E-state index in [-0.39, 0.29) is 0 Å². The summed E-state index contributed by atoms with van der Waals surface area (Å²) in [7, 11) is 0. The molecule has 1 aromatic carbocycles. The fourth-order valence-electron chi connectivity index (χ4n) is 2.29. The van der Waals surface area contributed by atoms with Crippen molar-refractivity contribution >= 4 is 27.3 Å². The van der Waals surface area contributed by atoms with Crippen molar-refractivity contribution in [1.82, 2.24) is 5.32 Å². The fraction of sp³-hybridized carbons (Fsp3) is 0.375. The number of halogens is 1. The molecule has 0 amide bonds. The SMILES string of the molecule is CCNC(CCCc1ccccc1)c1csc(Br)c1. The molecule has 2 rings (SSSR count). The first-order chi connectivity index (χ1) is 9.29. The van der Waals surface area contributed by atoms with Crippen LogP contribution in [0.25, 0.3) is 0 Å². The minimum absolute atomic E-state index is 0.483. The summed E-state index contributed by atoms with van der Waals surface area (Å²) in [6.45, 7) is 3.19. The van der Waals surface area contributed by atoms with Gasteiger partial charge in [0, 0.05) is 6.04 Å². The lowest BCUT2D eigenvalue weighted by atomic mass is 10.0. The molecule has 0 aliphatic carbocycles.